The lowest BCUT2D eigenvalue weighted by Crippen LogP contribution is -2.39. The quantitative estimate of drug-likeness (QED) is 0.381. The van der Waals surface area contributed by atoms with Crippen LogP contribution in [0.5, 0.6) is 17.2 Å². The van der Waals surface area contributed by atoms with Gasteiger partial charge in [0.15, 0.2) is 5.96 Å². The van der Waals surface area contributed by atoms with Crippen LogP contribution in [0.15, 0.2) is 47.5 Å². The van der Waals surface area contributed by atoms with E-state index in [0.29, 0.717) is 23.8 Å². The predicted octanol–water partition coefficient (Wildman–Crippen LogP) is 2.98. The first-order valence-corrected chi connectivity index (χ1v) is 9.75. The second kappa shape index (κ2) is 11.2. The van der Waals surface area contributed by atoms with Crippen LogP contribution in [0.1, 0.15) is 38.0 Å². The summed E-state index contributed by atoms with van der Waals surface area (Å²) in [4.78, 5) is 4.49. The zero-order valence-corrected chi connectivity index (χ0v) is 17.5. The first-order valence-electron chi connectivity index (χ1n) is 9.75. The smallest absolute Gasteiger partial charge is 0.191 e. The van der Waals surface area contributed by atoms with Gasteiger partial charge >= 0.3 is 0 Å². The fourth-order valence-corrected chi connectivity index (χ4v) is 2.70. The van der Waals surface area contributed by atoms with E-state index in [1.165, 1.54) is 0 Å². The van der Waals surface area contributed by atoms with Crippen molar-refractivity contribution in [1.29, 1.82) is 0 Å². The van der Waals surface area contributed by atoms with Crippen molar-refractivity contribution in [2.45, 2.75) is 39.5 Å². The number of aromatic hydroxyl groups is 1. The monoisotopic (exact) mass is 401 g/mol. The topological polar surface area (TPSA) is 95.3 Å². The van der Waals surface area contributed by atoms with Gasteiger partial charge in [-0.2, -0.15) is 0 Å². The lowest BCUT2D eigenvalue weighted by Gasteiger charge is -2.17. The molecule has 7 heteroatoms. The second-order valence-corrected chi connectivity index (χ2v) is 6.83. The molecule has 0 amide bonds. The fourth-order valence-electron chi connectivity index (χ4n) is 2.70. The molecule has 0 aromatic heterocycles. The van der Waals surface area contributed by atoms with Crippen LogP contribution in [0, 0.1) is 0 Å². The Hall–Kier alpha value is -2.93. The molecule has 158 valence electrons. The third kappa shape index (κ3) is 7.19. The van der Waals surface area contributed by atoms with E-state index in [2.05, 4.69) is 15.6 Å². The van der Waals surface area contributed by atoms with E-state index in [0.717, 1.165) is 11.3 Å². The van der Waals surface area contributed by atoms with Crippen molar-refractivity contribution in [1.82, 2.24) is 10.6 Å². The molecule has 0 aliphatic carbocycles. The molecule has 2 rings (SSSR count). The third-order valence-corrected chi connectivity index (χ3v) is 4.12. The molecule has 2 aromatic rings. The summed E-state index contributed by atoms with van der Waals surface area (Å²) in [5.74, 6) is 2.09. The minimum atomic E-state index is -0.722. The van der Waals surface area contributed by atoms with E-state index in [-0.39, 0.29) is 24.9 Å². The van der Waals surface area contributed by atoms with Gasteiger partial charge < -0.3 is 30.3 Å². The molecular weight excluding hydrogens is 370 g/mol. The maximum absolute atomic E-state index is 10.5. The first kappa shape index (κ1) is 22.4. The SMILES string of the molecule is CCNC(=NCc1cc(OC)ccc1O)NCC(O)c1cccc(OC(C)C)c1. The Kier molecular flexibility index (Phi) is 8.61. The first-order chi connectivity index (χ1) is 13.9. The summed E-state index contributed by atoms with van der Waals surface area (Å²) in [6.45, 7) is 7.11. The molecule has 0 fully saturated rings. The number of aliphatic hydroxyl groups is 1. The van der Waals surface area contributed by atoms with Gasteiger partial charge in [0.1, 0.15) is 17.2 Å². The molecule has 0 heterocycles. The molecule has 0 saturated carbocycles. The lowest BCUT2D eigenvalue weighted by atomic mass is 10.1. The Balaban J connectivity index is 2.02. The molecule has 0 saturated heterocycles. The molecule has 2 aromatic carbocycles. The molecule has 0 spiro atoms. The Morgan fingerprint density at radius 1 is 1.10 bits per heavy atom. The number of phenolic OH excluding ortho intramolecular Hbond substituents is 1. The lowest BCUT2D eigenvalue weighted by molar-refractivity contribution is 0.179. The van der Waals surface area contributed by atoms with Gasteiger partial charge in [0, 0.05) is 18.7 Å². The van der Waals surface area contributed by atoms with Crippen molar-refractivity contribution in [3.63, 3.8) is 0 Å². The summed E-state index contributed by atoms with van der Waals surface area (Å²) in [7, 11) is 1.58. The van der Waals surface area contributed by atoms with Crippen molar-refractivity contribution in [3.05, 3.63) is 53.6 Å². The Morgan fingerprint density at radius 2 is 1.90 bits per heavy atom. The standard InChI is InChI=1S/C22H31N3O4/c1-5-23-22(24-13-17-12-18(28-4)9-10-20(17)26)25-14-21(27)16-7-6-8-19(11-16)29-15(2)3/h6-12,15,21,26-27H,5,13-14H2,1-4H3,(H2,23,24,25). The number of guanidine groups is 1. The number of hydrogen-bond acceptors (Lipinski definition) is 5. The summed E-state index contributed by atoms with van der Waals surface area (Å²) in [5.41, 5.74) is 1.41. The van der Waals surface area contributed by atoms with E-state index in [1.807, 2.05) is 45.0 Å². The number of hydrogen-bond donors (Lipinski definition) is 4. The fraction of sp³-hybridized carbons (Fsp3) is 0.409. The maximum Gasteiger partial charge on any atom is 0.191 e. The predicted molar refractivity (Wildman–Crippen MR) is 115 cm³/mol. The molecule has 1 unspecified atom stereocenters. The van der Waals surface area contributed by atoms with Crippen molar-refractivity contribution >= 4 is 5.96 Å². The number of aliphatic hydroxyl groups excluding tert-OH is 1. The van der Waals surface area contributed by atoms with Gasteiger partial charge in [-0.1, -0.05) is 12.1 Å². The number of benzene rings is 2. The Morgan fingerprint density at radius 3 is 2.59 bits per heavy atom. The van der Waals surface area contributed by atoms with Gasteiger partial charge in [-0.3, -0.25) is 0 Å². The van der Waals surface area contributed by atoms with E-state index in [1.54, 1.807) is 25.3 Å². The largest absolute Gasteiger partial charge is 0.508 e. The highest BCUT2D eigenvalue weighted by Crippen LogP contribution is 2.23. The van der Waals surface area contributed by atoms with Crippen LogP contribution in [0.2, 0.25) is 0 Å². The van der Waals surface area contributed by atoms with Gasteiger partial charge in [0.25, 0.3) is 0 Å². The number of rotatable bonds is 9. The number of phenols is 1. The normalized spacial score (nSPS) is 12.6. The molecular formula is C22H31N3O4. The zero-order valence-electron chi connectivity index (χ0n) is 17.5. The molecule has 0 aliphatic rings. The average Bonchev–Trinajstić information content (AvgIpc) is 2.70. The van der Waals surface area contributed by atoms with Crippen molar-refractivity contribution in [2.24, 2.45) is 4.99 Å². The van der Waals surface area contributed by atoms with Gasteiger partial charge in [-0.15, -0.1) is 0 Å². The minimum Gasteiger partial charge on any atom is -0.508 e. The second-order valence-electron chi connectivity index (χ2n) is 6.83. The van der Waals surface area contributed by atoms with E-state index >= 15 is 0 Å². The van der Waals surface area contributed by atoms with Gasteiger partial charge in [0.2, 0.25) is 0 Å². The van der Waals surface area contributed by atoms with Crippen LogP contribution >= 0.6 is 0 Å². The van der Waals surface area contributed by atoms with Crippen LogP contribution < -0.4 is 20.1 Å². The number of ether oxygens (including phenoxy) is 2. The van der Waals surface area contributed by atoms with Gasteiger partial charge in [0.05, 0.1) is 25.9 Å². The molecule has 29 heavy (non-hydrogen) atoms. The van der Waals surface area contributed by atoms with Crippen molar-refractivity contribution < 1.29 is 19.7 Å². The molecule has 7 nitrogen and oxygen atoms in total. The molecule has 1 atom stereocenters. The van der Waals surface area contributed by atoms with Crippen LogP contribution in [-0.2, 0) is 6.54 Å². The van der Waals surface area contributed by atoms with Gasteiger partial charge in [-0.25, -0.2) is 4.99 Å². The Labute approximate surface area is 172 Å². The zero-order chi connectivity index (χ0) is 21.2. The van der Waals surface area contributed by atoms with Crippen LogP contribution in [0.4, 0.5) is 0 Å². The Bertz CT molecular complexity index is 808. The van der Waals surface area contributed by atoms with Crippen molar-refractivity contribution in [2.75, 3.05) is 20.2 Å². The molecule has 0 radical (unpaired) electrons. The maximum atomic E-state index is 10.5. The minimum absolute atomic E-state index is 0.0704. The van der Waals surface area contributed by atoms with Crippen LogP contribution in [0.25, 0.3) is 0 Å². The van der Waals surface area contributed by atoms with E-state index in [9.17, 15) is 10.2 Å². The highest BCUT2D eigenvalue weighted by atomic mass is 16.5. The van der Waals surface area contributed by atoms with Crippen molar-refractivity contribution in [3.8, 4) is 17.2 Å². The van der Waals surface area contributed by atoms with Crippen LogP contribution in [0.3, 0.4) is 0 Å². The highest BCUT2D eigenvalue weighted by Gasteiger charge is 2.11. The number of nitrogens with one attached hydrogen (secondary N) is 2. The van der Waals surface area contributed by atoms with Crippen LogP contribution in [-0.4, -0.2) is 42.5 Å². The summed E-state index contributed by atoms with van der Waals surface area (Å²) in [6.07, 6.45) is -0.652. The number of nitrogens with zero attached hydrogens (tertiary/aromatic N) is 1. The summed E-state index contributed by atoms with van der Waals surface area (Å²) < 4.78 is 10.9. The molecule has 4 N–H and O–H groups in total. The molecule has 0 aliphatic heterocycles. The van der Waals surface area contributed by atoms with E-state index < -0.39 is 6.10 Å². The summed E-state index contributed by atoms with van der Waals surface area (Å²) >= 11 is 0. The number of aliphatic imine (C=N–C) groups is 1. The number of methoxy groups -OCH3 is 1. The average molecular weight is 402 g/mol. The highest BCUT2D eigenvalue weighted by molar-refractivity contribution is 5.79. The van der Waals surface area contributed by atoms with E-state index in [4.69, 9.17) is 9.47 Å². The third-order valence-electron chi connectivity index (χ3n) is 4.12. The summed E-state index contributed by atoms with van der Waals surface area (Å²) in [5, 5.41) is 26.8. The van der Waals surface area contributed by atoms with Gasteiger partial charge in [-0.05, 0) is 56.7 Å². The molecule has 0 bridgehead atoms. The summed E-state index contributed by atoms with van der Waals surface area (Å²) in [6, 6.07) is 12.5.